The number of halogens is 3. The molecule has 3 aromatic rings. The Morgan fingerprint density at radius 3 is 2.43 bits per heavy atom. The lowest BCUT2D eigenvalue weighted by Gasteiger charge is -2.25. The Morgan fingerprint density at radius 2 is 1.75 bits per heavy atom. The maximum absolute atomic E-state index is 12.7. The summed E-state index contributed by atoms with van der Waals surface area (Å²) in [6.45, 7) is 2.55. The Hall–Kier alpha value is -2.57. The minimum absolute atomic E-state index is 0.313. The van der Waals surface area contributed by atoms with Crippen LogP contribution in [0.2, 0.25) is 5.02 Å². The third-order valence-electron chi connectivity index (χ3n) is 4.86. The van der Waals surface area contributed by atoms with E-state index in [1.807, 2.05) is 30.3 Å². The minimum atomic E-state index is -2.62. The monoisotopic (exact) mass is 400 g/mol. The Labute approximate surface area is 167 Å². The van der Waals surface area contributed by atoms with Gasteiger partial charge in [0.05, 0.1) is 5.69 Å². The summed E-state index contributed by atoms with van der Waals surface area (Å²) in [5.74, 6) is 0. The van der Waals surface area contributed by atoms with E-state index < -0.39 is 6.43 Å². The second kappa shape index (κ2) is 7.81. The fraction of sp³-hybridized carbons (Fsp3) is 0.238. The molecule has 1 aliphatic heterocycles. The highest BCUT2D eigenvalue weighted by Gasteiger charge is 2.20. The van der Waals surface area contributed by atoms with Gasteiger partial charge in [0.15, 0.2) is 0 Å². The molecule has 144 valence electrons. The van der Waals surface area contributed by atoms with Crippen molar-refractivity contribution in [3.05, 3.63) is 70.9 Å². The second-order valence-corrected chi connectivity index (χ2v) is 7.29. The molecular formula is C21H19ClF2N4. The van der Waals surface area contributed by atoms with Gasteiger partial charge in [-0.2, -0.15) is 5.10 Å². The molecule has 0 bridgehead atoms. The van der Waals surface area contributed by atoms with Crippen LogP contribution in [-0.4, -0.2) is 35.2 Å². The Balaban J connectivity index is 1.72. The lowest BCUT2D eigenvalue weighted by molar-refractivity contribution is 0.145. The smallest absolute Gasteiger partial charge is 0.282 e. The Kier molecular flexibility index (Phi) is 5.24. The van der Waals surface area contributed by atoms with Gasteiger partial charge < -0.3 is 9.80 Å². The zero-order valence-electron chi connectivity index (χ0n) is 15.3. The van der Waals surface area contributed by atoms with E-state index in [-0.39, 0.29) is 5.69 Å². The van der Waals surface area contributed by atoms with Crippen LogP contribution in [0.15, 0.2) is 54.6 Å². The van der Waals surface area contributed by atoms with Gasteiger partial charge in [0, 0.05) is 41.6 Å². The third kappa shape index (κ3) is 3.84. The number of anilines is 2. The highest BCUT2D eigenvalue weighted by Crippen LogP contribution is 2.34. The number of fused-ring (bicyclic) bond motifs is 1. The molecule has 0 fully saturated rings. The molecule has 1 aliphatic rings. The molecule has 0 N–H and O–H groups in total. The summed E-state index contributed by atoms with van der Waals surface area (Å²) in [6.07, 6.45) is -2.62. The normalized spacial score (nSPS) is 14.8. The highest BCUT2D eigenvalue weighted by atomic mass is 35.5. The molecular weight excluding hydrogens is 382 g/mol. The van der Waals surface area contributed by atoms with Gasteiger partial charge in [-0.3, -0.25) is 0 Å². The van der Waals surface area contributed by atoms with Crippen molar-refractivity contribution in [1.82, 2.24) is 15.1 Å². The van der Waals surface area contributed by atoms with E-state index in [4.69, 9.17) is 11.6 Å². The molecule has 0 radical (unpaired) electrons. The van der Waals surface area contributed by atoms with Gasteiger partial charge in [0.1, 0.15) is 5.69 Å². The van der Waals surface area contributed by atoms with Crippen LogP contribution in [0.3, 0.4) is 0 Å². The fourth-order valence-corrected chi connectivity index (χ4v) is 3.52. The van der Waals surface area contributed by atoms with Gasteiger partial charge in [-0.25, -0.2) is 8.78 Å². The van der Waals surface area contributed by atoms with Crippen molar-refractivity contribution >= 4 is 23.0 Å². The standard InChI is InChI=1S/C21H19ClF2N4/c1-27-10-11-28(17-5-3-16(22)4-6-17)20-9-2-14(12-15(20)13-27)18-7-8-19(21(23)24)26-25-18/h2-9,12,21H,10-11,13H2,1H3. The number of benzene rings is 2. The lowest BCUT2D eigenvalue weighted by atomic mass is 10.0. The summed E-state index contributed by atoms with van der Waals surface area (Å²) < 4.78 is 25.4. The zero-order chi connectivity index (χ0) is 19.7. The molecule has 0 aliphatic carbocycles. The van der Waals surface area contributed by atoms with Gasteiger partial charge in [-0.1, -0.05) is 17.7 Å². The van der Waals surface area contributed by atoms with Crippen LogP contribution in [0, 0.1) is 0 Å². The summed E-state index contributed by atoms with van der Waals surface area (Å²) in [5.41, 5.74) is 4.47. The first-order chi connectivity index (χ1) is 13.5. The van der Waals surface area contributed by atoms with Crippen LogP contribution in [0.25, 0.3) is 11.3 Å². The second-order valence-electron chi connectivity index (χ2n) is 6.85. The van der Waals surface area contributed by atoms with Gasteiger partial charge >= 0.3 is 0 Å². The molecule has 7 heteroatoms. The number of hydrogen-bond acceptors (Lipinski definition) is 4. The molecule has 2 heterocycles. The first-order valence-corrected chi connectivity index (χ1v) is 9.36. The summed E-state index contributed by atoms with van der Waals surface area (Å²) in [6, 6.07) is 16.8. The largest absolute Gasteiger partial charge is 0.340 e. The van der Waals surface area contributed by atoms with Crippen molar-refractivity contribution in [3.8, 4) is 11.3 Å². The van der Waals surface area contributed by atoms with Gasteiger partial charge in [0.25, 0.3) is 6.43 Å². The van der Waals surface area contributed by atoms with E-state index >= 15 is 0 Å². The SMILES string of the molecule is CN1CCN(c2ccc(Cl)cc2)c2ccc(-c3ccc(C(F)F)nn3)cc2C1. The number of hydrogen-bond donors (Lipinski definition) is 0. The molecule has 28 heavy (non-hydrogen) atoms. The average Bonchev–Trinajstić information content (AvgIpc) is 2.86. The van der Waals surface area contributed by atoms with Gasteiger partial charge in [0.2, 0.25) is 0 Å². The van der Waals surface area contributed by atoms with Crippen LogP contribution in [0.1, 0.15) is 17.7 Å². The third-order valence-corrected chi connectivity index (χ3v) is 5.11. The molecule has 0 amide bonds. The van der Waals surface area contributed by atoms with Crippen LogP contribution in [0.5, 0.6) is 0 Å². The summed E-state index contributed by atoms with van der Waals surface area (Å²) in [7, 11) is 2.08. The average molecular weight is 401 g/mol. The summed E-state index contributed by atoms with van der Waals surface area (Å²) in [4.78, 5) is 4.52. The van der Waals surface area contributed by atoms with E-state index in [1.165, 1.54) is 6.07 Å². The lowest BCUT2D eigenvalue weighted by Crippen LogP contribution is -2.26. The molecule has 0 saturated heterocycles. The molecule has 0 atom stereocenters. The molecule has 2 aromatic carbocycles. The maximum Gasteiger partial charge on any atom is 0.282 e. The van der Waals surface area contributed by atoms with Crippen molar-refractivity contribution in [2.24, 2.45) is 0 Å². The molecule has 0 unspecified atom stereocenters. The quantitative estimate of drug-likeness (QED) is 0.595. The molecule has 4 nitrogen and oxygen atoms in total. The van der Waals surface area contributed by atoms with E-state index in [1.54, 1.807) is 6.07 Å². The highest BCUT2D eigenvalue weighted by molar-refractivity contribution is 6.30. The maximum atomic E-state index is 12.7. The first-order valence-electron chi connectivity index (χ1n) is 8.98. The van der Waals surface area contributed by atoms with Crippen molar-refractivity contribution in [2.45, 2.75) is 13.0 Å². The summed E-state index contributed by atoms with van der Waals surface area (Å²) in [5, 5.41) is 8.32. The number of rotatable bonds is 3. The van der Waals surface area contributed by atoms with E-state index in [2.05, 4.69) is 39.2 Å². The predicted molar refractivity (Wildman–Crippen MR) is 107 cm³/mol. The van der Waals surface area contributed by atoms with Crippen LogP contribution < -0.4 is 4.90 Å². The van der Waals surface area contributed by atoms with Gasteiger partial charge in [-0.15, -0.1) is 5.10 Å². The van der Waals surface area contributed by atoms with Crippen LogP contribution >= 0.6 is 11.6 Å². The van der Waals surface area contributed by atoms with Crippen molar-refractivity contribution in [3.63, 3.8) is 0 Å². The van der Waals surface area contributed by atoms with Crippen molar-refractivity contribution in [2.75, 3.05) is 25.0 Å². The van der Waals surface area contributed by atoms with E-state index in [9.17, 15) is 8.78 Å². The predicted octanol–water partition coefficient (Wildman–Crippen LogP) is 5.32. The number of nitrogens with zero attached hydrogens (tertiary/aromatic N) is 4. The molecule has 0 spiro atoms. The van der Waals surface area contributed by atoms with Crippen molar-refractivity contribution < 1.29 is 8.78 Å². The molecule has 1 aromatic heterocycles. The molecule has 4 rings (SSSR count). The van der Waals surface area contributed by atoms with Crippen molar-refractivity contribution in [1.29, 1.82) is 0 Å². The van der Waals surface area contributed by atoms with E-state index in [0.717, 1.165) is 42.1 Å². The van der Waals surface area contributed by atoms with E-state index in [0.29, 0.717) is 10.7 Å². The topological polar surface area (TPSA) is 32.3 Å². The fourth-order valence-electron chi connectivity index (χ4n) is 3.40. The van der Waals surface area contributed by atoms with Crippen LogP contribution in [0.4, 0.5) is 20.2 Å². The van der Waals surface area contributed by atoms with Gasteiger partial charge in [-0.05, 0) is 61.1 Å². The Morgan fingerprint density at radius 1 is 0.964 bits per heavy atom. The molecule has 0 saturated carbocycles. The Bertz CT molecular complexity index is 961. The minimum Gasteiger partial charge on any atom is -0.340 e. The number of alkyl halides is 2. The zero-order valence-corrected chi connectivity index (χ0v) is 16.1. The number of aromatic nitrogens is 2. The first kappa shape index (κ1) is 18.8. The number of likely N-dealkylation sites (N-methyl/N-ethyl adjacent to an activating group) is 1. The summed E-state index contributed by atoms with van der Waals surface area (Å²) >= 11 is 6.04. The van der Waals surface area contributed by atoms with Crippen LogP contribution in [-0.2, 0) is 6.54 Å².